The van der Waals surface area contributed by atoms with E-state index in [9.17, 15) is 18.0 Å². The Morgan fingerprint density at radius 1 is 1.16 bits per heavy atom. The monoisotopic (exact) mass is 470 g/mol. The molecule has 9 heteroatoms. The minimum absolute atomic E-state index is 0.00510. The van der Waals surface area contributed by atoms with Crippen molar-refractivity contribution < 1.29 is 22.7 Å². The van der Waals surface area contributed by atoms with Crippen molar-refractivity contribution in [1.82, 2.24) is 0 Å². The van der Waals surface area contributed by atoms with Crippen LogP contribution in [0.3, 0.4) is 0 Å². The zero-order valence-corrected chi connectivity index (χ0v) is 19.2. The van der Waals surface area contributed by atoms with Gasteiger partial charge in [0.15, 0.2) is 6.61 Å². The summed E-state index contributed by atoms with van der Waals surface area (Å²) in [5.74, 6) is -0.929. The molecular formula is C23H22N2O5S2. The number of nitrogens with zero attached hydrogens (tertiary/aromatic N) is 1. The van der Waals surface area contributed by atoms with E-state index in [1.54, 1.807) is 6.07 Å². The molecule has 2 N–H and O–H groups in total. The van der Waals surface area contributed by atoms with Crippen LogP contribution in [0.15, 0.2) is 58.8 Å². The van der Waals surface area contributed by atoms with Crippen LogP contribution in [0.5, 0.6) is 0 Å². The molecule has 2 heterocycles. The highest BCUT2D eigenvalue weighted by Crippen LogP contribution is 2.34. The lowest BCUT2D eigenvalue weighted by Gasteiger charge is -2.22. The van der Waals surface area contributed by atoms with Crippen LogP contribution in [-0.4, -0.2) is 32.9 Å². The molecule has 32 heavy (non-hydrogen) atoms. The number of rotatable bonds is 5. The first-order valence-corrected chi connectivity index (χ1v) is 12.4. The number of ether oxygens (including phenoxy) is 1. The minimum atomic E-state index is -3.83. The predicted octanol–water partition coefficient (Wildman–Crippen LogP) is 3.51. The average molecular weight is 471 g/mol. The van der Waals surface area contributed by atoms with E-state index < -0.39 is 22.6 Å². The molecule has 1 amide bonds. The van der Waals surface area contributed by atoms with Crippen LogP contribution in [0.2, 0.25) is 0 Å². The van der Waals surface area contributed by atoms with E-state index in [-0.39, 0.29) is 16.8 Å². The molecule has 0 radical (unpaired) electrons. The first-order valence-electron chi connectivity index (χ1n) is 9.94. The summed E-state index contributed by atoms with van der Waals surface area (Å²) in [4.78, 5) is 27.6. The Labute approximate surface area is 190 Å². The molecule has 0 aliphatic carbocycles. The summed E-state index contributed by atoms with van der Waals surface area (Å²) in [7, 11) is -3.83. The number of carbonyl (C=O) groups is 2. The predicted molar refractivity (Wildman–Crippen MR) is 123 cm³/mol. The largest absolute Gasteiger partial charge is 0.451 e. The van der Waals surface area contributed by atoms with Crippen LogP contribution >= 0.6 is 11.3 Å². The molecular weight excluding hydrogens is 448 g/mol. The van der Waals surface area contributed by atoms with Gasteiger partial charge in [0.05, 0.1) is 4.90 Å². The molecule has 0 spiro atoms. The number of carbonyl (C=O) groups excluding carboxylic acids is 2. The number of anilines is 1. The summed E-state index contributed by atoms with van der Waals surface area (Å²) in [5, 5.41) is 7.02. The number of nitrogens with two attached hydrogens (primary N) is 1. The maximum Gasteiger partial charge on any atom is 0.349 e. The summed E-state index contributed by atoms with van der Waals surface area (Å²) in [6.07, 6.45) is 0.487. The molecule has 1 atom stereocenters. The van der Waals surface area contributed by atoms with Crippen molar-refractivity contribution in [3.8, 4) is 11.1 Å². The van der Waals surface area contributed by atoms with Crippen molar-refractivity contribution in [2.24, 2.45) is 5.14 Å². The van der Waals surface area contributed by atoms with Crippen molar-refractivity contribution in [2.45, 2.75) is 31.2 Å². The normalized spacial score (nSPS) is 15.5. The molecule has 1 aliphatic rings. The topological polar surface area (TPSA) is 107 Å². The number of primary sulfonamides is 1. The van der Waals surface area contributed by atoms with Crippen LogP contribution in [0.25, 0.3) is 11.1 Å². The number of fused-ring (bicyclic) bond motifs is 1. The highest BCUT2D eigenvalue weighted by atomic mass is 32.2. The molecule has 2 aromatic carbocycles. The van der Waals surface area contributed by atoms with E-state index in [4.69, 9.17) is 9.88 Å². The van der Waals surface area contributed by atoms with Crippen LogP contribution in [0, 0.1) is 6.92 Å². The minimum Gasteiger partial charge on any atom is -0.451 e. The molecule has 0 fully saturated rings. The van der Waals surface area contributed by atoms with Gasteiger partial charge in [-0.1, -0.05) is 29.8 Å². The van der Waals surface area contributed by atoms with E-state index in [0.29, 0.717) is 22.5 Å². The second kappa shape index (κ2) is 8.50. The second-order valence-corrected chi connectivity index (χ2v) is 10.2. The van der Waals surface area contributed by atoms with E-state index in [1.165, 1.54) is 28.4 Å². The first kappa shape index (κ1) is 22.2. The Balaban J connectivity index is 1.48. The molecule has 1 aromatic heterocycles. The third kappa shape index (κ3) is 4.32. The fourth-order valence-corrected chi connectivity index (χ4v) is 5.23. The molecule has 0 bridgehead atoms. The van der Waals surface area contributed by atoms with Crippen molar-refractivity contribution in [3.05, 3.63) is 69.9 Å². The van der Waals surface area contributed by atoms with E-state index in [0.717, 1.165) is 16.7 Å². The van der Waals surface area contributed by atoms with Gasteiger partial charge in [-0.2, -0.15) is 0 Å². The second-order valence-electron chi connectivity index (χ2n) is 7.76. The molecule has 166 valence electrons. The van der Waals surface area contributed by atoms with Gasteiger partial charge in [-0.15, -0.1) is 11.3 Å². The highest BCUT2D eigenvalue weighted by molar-refractivity contribution is 7.89. The lowest BCUT2D eigenvalue weighted by atomic mass is 10.1. The Kier molecular flexibility index (Phi) is 5.89. The van der Waals surface area contributed by atoms with Crippen molar-refractivity contribution in [1.29, 1.82) is 0 Å². The molecule has 1 aliphatic heterocycles. The number of sulfonamides is 1. The summed E-state index contributed by atoms with van der Waals surface area (Å²) < 4.78 is 28.6. The summed E-state index contributed by atoms with van der Waals surface area (Å²) in [5.41, 5.74) is 4.10. The van der Waals surface area contributed by atoms with Gasteiger partial charge < -0.3 is 9.64 Å². The standard InChI is InChI=1S/C23H22N2O5S2/c1-14-3-5-16(6-4-14)19-9-10-31-22(19)23(27)30-13-21(26)25-15(2)11-17-12-18(32(24,28)29)7-8-20(17)25/h3-10,12,15H,11,13H2,1-2H3,(H2,24,28,29). The lowest BCUT2D eigenvalue weighted by Crippen LogP contribution is -2.38. The number of hydrogen-bond acceptors (Lipinski definition) is 6. The fraction of sp³-hybridized carbons (Fsp3) is 0.217. The number of amides is 1. The quantitative estimate of drug-likeness (QED) is 0.575. The number of thiophene rings is 1. The Morgan fingerprint density at radius 2 is 1.88 bits per heavy atom. The number of esters is 1. The van der Waals surface area contributed by atoms with Crippen molar-refractivity contribution in [2.75, 3.05) is 11.5 Å². The van der Waals surface area contributed by atoms with Crippen LogP contribution in [-0.2, 0) is 26.0 Å². The van der Waals surface area contributed by atoms with Crippen molar-refractivity contribution >= 4 is 38.9 Å². The maximum atomic E-state index is 12.9. The van der Waals surface area contributed by atoms with Crippen LogP contribution in [0.1, 0.15) is 27.7 Å². The molecule has 7 nitrogen and oxygen atoms in total. The van der Waals surface area contributed by atoms with E-state index >= 15 is 0 Å². The van der Waals surface area contributed by atoms with Gasteiger partial charge >= 0.3 is 5.97 Å². The third-order valence-electron chi connectivity index (χ3n) is 5.40. The Morgan fingerprint density at radius 3 is 2.56 bits per heavy atom. The summed E-state index contributed by atoms with van der Waals surface area (Å²) >= 11 is 1.27. The number of benzene rings is 2. The summed E-state index contributed by atoms with van der Waals surface area (Å²) in [6, 6.07) is 13.9. The highest BCUT2D eigenvalue weighted by Gasteiger charge is 2.32. The third-order valence-corrected chi connectivity index (χ3v) is 7.21. The van der Waals surface area contributed by atoms with Gasteiger partial charge in [0.2, 0.25) is 10.0 Å². The van der Waals surface area contributed by atoms with Gasteiger partial charge in [0.1, 0.15) is 4.88 Å². The van der Waals surface area contributed by atoms with Gasteiger partial charge in [-0.3, -0.25) is 4.79 Å². The zero-order chi connectivity index (χ0) is 23.0. The fourth-order valence-electron chi connectivity index (χ4n) is 3.85. The van der Waals surface area contributed by atoms with E-state index in [2.05, 4.69) is 0 Å². The number of aryl methyl sites for hydroxylation is 1. The lowest BCUT2D eigenvalue weighted by molar-refractivity contribution is -0.122. The number of hydrogen-bond donors (Lipinski definition) is 1. The van der Waals surface area contributed by atoms with Gasteiger partial charge in [0, 0.05) is 17.3 Å². The van der Waals surface area contributed by atoms with Gasteiger partial charge in [-0.25, -0.2) is 18.4 Å². The van der Waals surface area contributed by atoms with Gasteiger partial charge in [0.25, 0.3) is 5.91 Å². The molecule has 1 unspecified atom stereocenters. The molecule has 0 saturated carbocycles. The van der Waals surface area contributed by atoms with Crippen molar-refractivity contribution in [3.63, 3.8) is 0 Å². The Bertz CT molecular complexity index is 1300. The smallest absolute Gasteiger partial charge is 0.349 e. The van der Waals surface area contributed by atoms with Crippen LogP contribution < -0.4 is 10.0 Å². The van der Waals surface area contributed by atoms with E-state index in [1.807, 2.05) is 49.6 Å². The molecule has 4 rings (SSSR count). The average Bonchev–Trinajstić information content (AvgIpc) is 3.35. The van der Waals surface area contributed by atoms with Crippen LogP contribution in [0.4, 0.5) is 5.69 Å². The molecule has 0 saturated heterocycles. The SMILES string of the molecule is Cc1ccc(-c2ccsc2C(=O)OCC(=O)N2c3ccc(S(N)(=O)=O)cc3CC2C)cc1. The molecule has 3 aromatic rings. The Hall–Kier alpha value is -3.01. The first-order chi connectivity index (χ1) is 15.1. The maximum absolute atomic E-state index is 12.9. The summed E-state index contributed by atoms with van der Waals surface area (Å²) in [6.45, 7) is 3.43. The zero-order valence-electron chi connectivity index (χ0n) is 17.6. The van der Waals surface area contributed by atoms with Gasteiger partial charge in [-0.05, 0) is 61.0 Å².